The number of rotatable bonds is 3. The summed E-state index contributed by atoms with van der Waals surface area (Å²) < 4.78 is 26.3. The highest BCUT2D eigenvalue weighted by Gasteiger charge is 2.17. The van der Waals surface area contributed by atoms with Crippen LogP contribution in [0.1, 0.15) is 27.7 Å². The standard InChI is InChI=1S/C12H17F2N/c1-8(2)15(9(3)4)12-6-5-10(13)7-11(12)14/h5-9H,1-4H3. The molecule has 0 fully saturated rings. The molecular formula is C12H17F2N. The third kappa shape index (κ3) is 2.67. The molecule has 1 aromatic rings. The fraction of sp³-hybridized carbons (Fsp3) is 0.500. The quantitative estimate of drug-likeness (QED) is 0.741. The maximum Gasteiger partial charge on any atom is 0.149 e. The average molecular weight is 213 g/mol. The summed E-state index contributed by atoms with van der Waals surface area (Å²) >= 11 is 0. The summed E-state index contributed by atoms with van der Waals surface area (Å²) in [6.07, 6.45) is 0. The molecule has 15 heavy (non-hydrogen) atoms. The van der Waals surface area contributed by atoms with Gasteiger partial charge in [0, 0.05) is 18.2 Å². The highest BCUT2D eigenvalue weighted by molar-refractivity contribution is 5.49. The number of benzene rings is 1. The normalized spacial score (nSPS) is 11.2. The van der Waals surface area contributed by atoms with Gasteiger partial charge in [-0.1, -0.05) is 0 Å². The molecule has 0 N–H and O–H groups in total. The van der Waals surface area contributed by atoms with E-state index >= 15 is 0 Å². The summed E-state index contributed by atoms with van der Waals surface area (Å²) in [5, 5.41) is 0. The van der Waals surface area contributed by atoms with E-state index in [1.165, 1.54) is 12.1 Å². The Morgan fingerprint density at radius 1 is 1.00 bits per heavy atom. The molecule has 0 aromatic heterocycles. The Morgan fingerprint density at radius 2 is 1.53 bits per heavy atom. The molecule has 0 heterocycles. The highest BCUT2D eigenvalue weighted by Crippen LogP contribution is 2.24. The molecule has 1 rings (SSSR count). The van der Waals surface area contributed by atoms with E-state index in [4.69, 9.17) is 0 Å². The molecule has 0 saturated carbocycles. The van der Waals surface area contributed by atoms with Crippen molar-refractivity contribution in [2.45, 2.75) is 39.8 Å². The lowest BCUT2D eigenvalue weighted by molar-refractivity contribution is 0.552. The molecule has 84 valence electrons. The summed E-state index contributed by atoms with van der Waals surface area (Å²) in [5.41, 5.74) is 0.460. The van der Waals surface area contributed by atoms with Gasteiger partial charge in [-0.25, -0.2) is 8.78 Å². The van der Waals surface area contributed by atoms with E-state index in [1.54, 1.807) is 0 Å². The van der Waals surface area contributed by atoms with E-state index in [0.29, 0.717) is 5.69 Å². The van der Waals surface area contributed by atoms with E-state index in [1.807, 2.05) is 32.6 Å². The van der Waals surface area contributed by atoms with Gasteiger partial charge in [-0.3, -0.25) is 0 Å². The second kappa shape index (κ2) is 4.60. The minimum absolute atomic E-state index is 0.185. The van der Waals surface area contributed by atoms with Crippen LogP contribution in [0.15, 0.2) is 18.2 Å². The third-order valence-corrected chi connectivity index (χ3v) is 2.30. The molecule has 1 nitrogen and oxygen atoms in total. The summed E-state index contributed by atoms with van der Waals surface area (Å²) in [5.74, 6) is -1.04. The molecular weight excluding hydrogens is 196 g/mol. The van der Waals surface area contributed by atoms with Gasteiger partial charge in [-0.2, -0.15) is 0 Å². The predicted octanol–water partition coefficient (Wildman–Crippen LogP) is 3.59. The Labute approximate surface area is 89.7 Å². The Hall–Kier alpha value is -1.12. The number of anilines is 1. The number of hydrogen-bond acceptors (Lipinski definition) is 1. The lowest BCUT2D eigenvalue weighted by Crippen LogP contribution is -2.37. The molecule has 0 spiro atoms. The molecule has 0 amide bonds. The largest absolute Gasteiger partial charge is 0.364 e. The Morgan fingerprint density at radius 3 is 1.93 bits per heavy atom. The van der Waals surface area contributed by atoms with Crippen LogP contribution in [0.2, 0.25) is 0 Å². The van der Waals surface area contributed by atoms with E-state index in [9.17, 15) is 8.78 Å². The first-order valence-corrected chi connectivity index (χ1v) is 5.17. The van der Waals surface area contributed by atoms with Crippen molar-refractivity contribution >= 4 is 5.69 Å². The second-order valence-corrected chi connectivity index (χ2v) is 4.19. The van der Waals surface area contributed by atoms with Crippen molar-refractivity contribution in [3.63, 3.8) is 0 Å². The smallest absolute Gasteiger partial charge is 0.149 e. The molecule has 0 radical (unpaired) electrons. The zero-order chi connectivity index (χ0) is 11.6. The topological polar surface area (TPSA) is 3.24 Å². The zero-order valence-electron chi connectivity index (χ0n) is 9.59. The van der Waals surface area contributed by atoms with E-state index in [2.05, 4.69) is 0 Å². The van der Waals surface area contributed by atoms with Crippen LogP contribution in [0, 0.1) is 11.6 Å². The van der Waals surface area contributed by atoms with Crippen molar-refractivity contribution < 1.29 is 8.78 Å². The summed E-state index contributed by atoms with van der Waals surface area (Å²) in [6, 6.07) is 4.07. The minimum Gasteiger partial charge on any atom is -0.364 e. The van der Waals surface area contributed by atoms with Gasteiger partial charge in [0.2, 0.25) is 0 Å². The first-order chi connectivity index (χ1) is 6.93. The van der Waals surface area contributed by atoms with Gasteiger partial charge in [-0.15, -0.1) is 0 Å². The summed E-state index contributed by atoms with van der Waals surface area (Å²) in [6.45, 7) is 7.96. The maximum atomic E-state index is 13.5. The van der Waals surface area contributed by atoms with Gasteiger partial charge < -0.3 is 4.90 Å². The van der Waals surface area contributed by atoms with Crippen molar-refractivity contribution in [3.05, 3.63) is 29.8 Å². The Bertz CT molecular complexity index is 326. The first-order valence-electron chi connectivity index (χ1n) is 5.17. The van der Waals surface area contributed by atoms with Gasteiger partial charge in [0.1, 0.15) is 11.6 Å². The average Bonchev–Trinajstić information content (AvgIpc) is 2.08. The highest BCUT2D eigenvalue weighted by atomic mass is 19.1. The van der Waals surface area contributed by atoms with E-state index in [0.717, 1.165) is 6.07 Å². The predicted molar refractivity (Wildman–Crippen MR) is 59.1 cm³/mol. The van der Waals surface area contributed by atoms with Crippen LogP contribution in [-0.4, -0.2) is 12.1 Å². The SMILES string of the molecule is CC(C)N(c1ccc(F)cc1F)C(C)C. The molecule has 0 aliphatic heterocycles. The monoisotopic (exact) mass is 213 g/mol. The molecule has 3 heteroatoms. The minimum atomic E-state index is -0.538. The number of hydrogen-bond donors (Lipinski definition) is 0. The van der Waals surface area contributed by atoms with Gasteiger partial charge in [-0.05, 0) is 39.8 Å². The lowest BCUT2D eigenvalue weighted by Gasteiger charge is -2.33. The van der Waals surface area contributed by atoms with Crippen molar-refractivity contribution in [3.8, 4) is 0 Å². The summed E-state index contributed by atoms with van der Waals surface area (Å²) in [7, 11) is 0. The van der Waals surface area contributed by atoms with Crippen molar-refractivity contribution in [2.75, 3.05) is 4.90 Å². The van der Waals surface area contributed by atoms with Crippen molar-refractivity contribution in [1.82, 2.24) is 0 Å². The van der Waals surface area contributed by atoms with Crippen LogP contribution in [-0.2, 0) is 0 Å². The van der Waals surface area contributed by atoms with Crippen LogP contribution in [0.4, 0.5) is 14.5 Å². The lowest BCUT2D eigenvalue weighted by atomic mass is 10.1. The van der Waals surface area contributed by atoms with E-state index in [-0.39, 0.29) is 12.1 Å². The molecule has 0 bridgehead atoms. The molecule has 0 saturated heterocycles. The van der Waals surface area contributed by atoms with Gasteiger partial charge in [0.15, 0.2) is 0 Å². The van der Waals surface area contributed by atoms with Crippen LogP contribution in [0.3, 0.4) is 0 Å². The number of nitrogens with zero attached hydrogens (tertiary/aromatic N) is 1. The van der Waals surface area contributed by atoms with Crippen molar-refractivity contribution in [1.29, 1.82) is 0 Å². The van der Waals surface area contributed by atoms with Gasteiger partial charge >= 0.3 is 0 Å². The van der Waals surface area contributed by atoms with Gasteiger partial charge in [0.25, 0.3) is 0 Å². The molecule has 1 aromatic carbocycles. The molecule has 0 unspecified atom stereocenters. The third-order valence-electron chi connectivity index (χ3n) is 2.30. The molecule has 0 atom stereocenters. The maximum absolute atomic E-state index is 13.5. The molecule has 0 aliphatic rings. The van der Waals surface area contributed by atoms with Gasteiger partial charge in [0.05, 0.1) is 5.69 Å². The zero-order valence-corrected chi connectivity index (χ0v) is 9.59. The number of halogens is 2. The van der Waals surface area contributed by atoms with Crippen LogP contribution >= 0.6 is 0 Å². The Kier molecular flexibility index (Phi) is 3.66. The molecule has 0 aliphatic carbocycles. The summed E-state index contributed by atoms with van der Waals surface area (Å²) in [4.78, 5) is 1.93. The fourth-order valence-corrected chi connectivity index (χ4v) is 1.84. The van der Waals surface area contributed by atoms with E-state index < -0.39 is 11.6 Å². The fourth-order valence-electron chi connectivity index (χ4n) is 1.84. The van der Waals surface area contributed by atoms with Crippen LogP contribution < -0.4 is 4.90 Å². The first kappa shape index (κ1) is 12.0. The van der Waals surface area contributed by atoms with Crippen LogP contribution in [0.5, 0.6) is 0 Å². The van der Waals surface area contributed by atoms with Crippen LogP contribution in [0.25, 0.3) is 0 Å². The Balaban J connectivity index is 3.12. The van der Waals surface area contributed by atoms with Crippen molar-refractivity contribution in [2.24, 2.45) is 0 Å². The second-order valence-electron chi connectivity index (χ2n) is 4.19.